The summed E-state index contributed by atoms with van der Waals surface area (Å²) >= 11 is 0. The first-order valence-electron chi connectivity index (χ1n) is 4.64. The molecule has 0 atom stereocenters. The van der Waals surface area contributed by atoms with Gasteiger partial charge in [0.2, 0.25) is 0 Å². The molecule has 0 heterocycles. The minimum Gasteiger partial charge on any atom is -0.386 e. The van der Waals surface area contributed by atoms with Crippen LogP contribution in [0.5, 0.6) is 0 Å². The highest BCUT2D eigenvalue weighted by Crippen LogP contribution is 2.07. The minimum absolute atomic E-state index is 0.294. The summed E-state index contributed by atoms with van der Waals surface area (Å²) in [7, 11) is 0. The van der Waals surface area contributed by atoms with Crippen molar-refractivity contribution in [2.75, 3.05) is 0 Å². The molecule has 0 aliphatic carbocycles. The van der Waals surface area contributed by atoms with Crippen LogP contribution in [0.15, 0.2) is 24.3 Å². The van der Waals surface area contributed by atoms with Gasteiger partial charge in [-0.3, -0.25) is 0 Å². The summed E-state index contributed by atoms with van der Waals surface area (Å²) < 4.78 is 4.54. The van der Waals surface area contributed by atoms with Crippen molar-refractivity contribution in [1.29, 1.82) is 0 Å². The van der Waals surface area contributed by atoms with E-state index in [-0.39, 0.29) is 0 Å². The highest BCUT2D eigenvalue weighted by atomic mass is 16.6. The lowest BCUT2D eigenvalue weighted by Crippen LogP contribution is -2.14. The van der Waals surface area contributed by atoms with Crippen LogP contribution in [0.2, 0.25) is 0 Å². The van der Waals surface area contributed by atoms with Gasteiger partial charge in [0.15, 0.2) is 0 Å². The van der Waals surface area contributed by atoms with Crippen molar-refractivity contribution in [2.45, 2.75) is 33.1 Å². The van der Waals surface area contributed by atoms with E-state index in [1.165, 1.54) is 0 Å². The van der Waals surface area contributed by atoms with E-state index in [2.05, 4.69) is 17.9 Å². The van der Waals surface area contributed by atoms with Gasteiger partial charge >= 0.3 is 11.9 Å². The summed E-state index contributed by atoms with van der Waals surface area (Å²) in [5.41, 5.74) is 0.618. The average Bonchev–Trinajstić information content (AvgIpc) is 2.16. The standard InChI is InChI=1S/C11H16O3/c1-5-7-9(4)11(13)14-10(12)8(3)6-2/h3-7H2,1-2H3. The number of hydrogen-bond donors (Lipinski definition) is 0. The molecule has 78 valence electrons. The van der Waals surface area contributed by atoms with Crippen LogP contribution < -0.4 is 0 Å². The zero-order chi connectivity index (χ0) is 11.1. The molecular formula is C11H16O3. The van der Waals surface area contributed by atoms with E-state index < -0.39 is 11.9 Å². The molecule has 0 rings (SSSR count). The number of ether oxygens (including phenoxy) is 1. The molecule has 0 aromatic heterocycles. The molecule has 0 N–H and O–H groups in total. The molecule has 0 saturated carbocycles. The van der Waals surface area contributed by atoms with Crippen LogP contribution in [0.1, 0.15) is 33.1 Å². The molecule has 0 radical (unpaired) electrons. The first-order chi connectivity index (χ1) is 6.52. The van der Waals surface area contributed by atoms with E-state index in [1.54, 1.807) is 6.92 Å². The summed E-state index contributed by atoms with van der Waals surface area (Å²) in [6, 6.07) is 0. The quantitative estimate of drug-likeness (QED) is 0.385. The van der Waals surface area contributed by atoms with E-state index >= 15 is 0 Å². The second-order valence-corrected chi connectivity index (χ2v) is 2.99. The van der Waals surface area contributed by atoms with Crippen molar-refractivity contribution in [1.82, 2.24) is 0 Å². The van der Waals surface area contributed by atoms with Crippen LogP contribution in [0.3, 0.4) is 0 Å². The molecule has 3 nitrogen and oxygen atoms in total. The van der Waals surface area contributed by atoms with Crippen LogP contribution in [-0.4, -0.2) is 11.9 Å². The average molecular weight is 196 g/mol. The Hall–Kier alpha value is -1.38. The van der Waals surface area contributed by atoms with Gasteiger partial charge in [0, 0.05) is 11.1 Å². The van der Waals surface area contributed by atoms with Gasteiger partial charge < -0.3 is 4.74 Å². The molecular weight excluding hydrogens is 180 g/mol. The van der Waals surface area contributed by atoms with E-state index in [9.17, 15) is 9.59 Å². The molecule has 0 aliphatic rings. The Bertz CT molecular complexity index is 264. The molecule has 3 heteroatoms. The van der Waals surface area contributed by atoms with Gasteiger partial charge in [-0.25, -0.2) is 9.59 Å². The largest absolute Gasteiger partial charge is 0.386 e. The maximum Gasteiger partial charge on any atom is 0.341 e. The fourth-order valence-corrected chi connectivity index (χ4v) is 0.777. The molecule has 0 unspecified atom stereocenters. The van der Waals surface area contributed by atoms with E-state index in [4.69, 9.17) is 0 Å². The van der Waals surface area contributed by atoms with Crippen LogP contribution in [-0.2, 0) is 14.3 Å². The molecule has 0 saturated heterocycles. The monoisotopic (exact) mass is 196 g/mol. The summed E-state index contributed by atoms with van der Waals surface area (Å²) in [6.07, 6.45) is 1.83. The van der Waals surface area contributed by atoms with Gasteiger partial charge in [0.1, 0.15) is 0 Å². The molecule has 0 bridgehead atoms. The zero-order valence-electron chi connectivity index (χ0n) is 8.76. The van der Waals surface area contributed by atoms with Gasteiger partial charge in [-0.1, -0.05) is 33.4 Å². The smallest absolute Gasteiger partial charge is 0.341 e. The molecule has 0 amide bonds. The second kappa shape index (κ2) is 6.13. The first-order valence-corrected chi connectivity index (χ1v) is 4.64. The molecule has 0 fully saturated rings. The number of carbonyl (C=O) groups excluding carboxylic acids is 2. The Kier molecular flexibility index (Phi) is 5.53. The van der Waals surface area contributed by atoms with Crippen LogP contribution >= 0.6 is 0 Å². The Labute approximate surface area is 84.4 Å². The van der Waals surface area contributed by atoms with E-state index in [0.717, 1.165) is 6.42 Å². The van der Waals surface area contributed by atoms with Crippen molar-refractivity contribution in [3.63, 3.8) is 0 Å². The highest BCUT2D eigenvalue weighted by Gasteiger charge is 2.14. The third-order valence-electron chi connectivity index (χ3n) is 1.74. The topological polar surface area (TPSA) is 43.4 Å². The number of esters is 2. The van der Waals surface area contributed by atoms with Crippen LogP contribution in [0.4, 0.5) is 0 Å². The van der Waals surface area contributed by atoms with E-state index in [1.807, 2.05) is 6.92 Å². The lowest BCUT2D eigenvalue weighted by Gasteiger charge is -2.04. The summed E-state index contributed by atoms with van der Waals surface area (Å²) in [5, 5.41) is 0. The molecule has 0 aliphatic heterocycles. The normalized spacial score (nSPS) is 9.29. The first kappa shape index (κ1) is 12.6. The number of carbonyl (C=O) groups is 2. The summed E-state index contributed by atoms with van der Waals surface area (Å²) in [5.74, 6) is -1.30. The second-order valence-electron chi connectivity index (χ2n) is 2.99. The number of rotatable bonds is 5. The van der Waals surface area contributed by atoms with Crippen molar-refractivity contribution in [2.24, 2.45) is 0 Å². The van der Waals surface area contributed by atoms with E-state index in [0.29, 0.717) is 24.0 Å². The van der Waals surface area contributed by atoms with Crippen LogP contribution in [0.25, 0.3) is 0 Å². The third-order valence-corrected chi connectivity index (χ3v) is 1.74. The minimum atomic E-state index is -0.658. The SMILES string of the molecule is C=C(CC)C(=O)OC(=O)C(=C)CCC. The lowest BCUT2D eigenvalue weighted by molar-refractivity contribution is -0.154. The maximum absolute atomic E-state index is 11.2. The van der Waals surface area contributed by atoms with Crippen molar-refractivity contribution >= 4 is 11.9 Å². The van der Waals surface area contributed by atoms with Crippen molar-refractivity contribution in [3.05, 3.63) is 24.3 Å². The van der Waals surface area contributed by atoms with Gasteiger partial charge in [-0.15, -0.1) is 0 Å². The fraction of sp³-hybridized carbons (Fsp3) is 0.455. The Balaban J connectivity index is 4.13. The zero-order valence-corrected chi connectivity index (χ0v) is 8.76. The highest BCUT2D eigenvalue weighted by molar-refractivity contribution is 6.01. The van der Waals surface area contributed by atoms with Gasteiger partial charge in [0.05, 0.1) is 0 Å². The maximum atomic E-state index is 11.2. The summed E-state index contributed by atoms with van der Waals surface area (Å²) in [6.45, 7) is 10.7. The van der Waals surface area contributed by atoms with Crippen molar-refractivity contribution < 1.29 is 14.3 Å². The van der Waals surface area contributed by atoms with Gasteiger partial charge in [0.25, 0.3) is 0 Å². The predicted molar refractivity (Wildman–Crippen MR) is 54.6 cm³/mol. The van der Waals surface area contributed by atoms with Crippen LogP contribution in [0, 0.1) is 0 Å². The Morgan fingerprint density at radius 2 is 1.57 bits per heavy atom. The predicted octanol–water partition coefficient (Wildman–Crippen LogP) is 2.38. The molecule has 0 spiro atoms. The lowest BCUT2D eigenvalue weighted by atomic mass is 10.2. The summed E-state index contributed by atoms with van der Waals surface area (Å²) in [4.78, 5) is 22.3. The molecule has 14 heavy (non-hydrogen) atoms. The van der Waals surface area contributed by atoms with Crippen molar-refractivity contribution in [3.8, 4) is 0 Å². The van der Waals surface area contributed by atoms with Gasteiger partial charge in [-0.05, 0) is 12.8 Å². The fourth-order valence-electron chi connectivity index (χ4n) is 0.777. The molecule has 0 aromatic carbocycles. The number of hydrogen-bond acceptors (Lipinski definition) is 3. The van der Waals surface area contributed by atoms with Gasteiger partial charge in [-0.2, -0.15) is 0 Å². The third kappa shape index (κ3) is 4.03. The Morgan fingerprint density at radius 1 is 1.07 bits per heavy atom. The molecule has 0 aromatic rings. The Morgan fingerprint density at radius 3 is 2.00 bits per heavy atom.